The molecule has 0 aliphatic carbocycles. The molecule has 2 aliphatic heterocycles. The van der Waals surface area contributed by atoms with Crippen LogP contribution in [0.15, 0.2) is 24.3 Å². The highest BCUT2D eigenvalue weighted by Gasteiger charge is 2.29. The average Bonchev–Trinajstić information content (AvgIpc) is 2.98. The monoisotopic (exact) mass is 417 g/mol. The number of carbonyl (C=O) groups excluding carboxylic acids is 1. The largest absolute Gasteiger partial charge is 0.364 e. The van der Waals surface area contributed by atoms with Gasteiger partial charge in [0.25, 0.3) is 0 Å². The van der Waals surface area contributed by atoms with Crippen LogP contribution in [0.3, 0.4) is 0 Å². The Morgan fingerprint density at radius 2 is 1.74 bits per heavy atom. The van der Waals surface area contributed by atoms with E-state index in [-0.39, 0.29) is 42.9 Å². The molecule has 1 amide bonds. The summed E-state index contributed by atoms with van der Waals surface area (Å²) in [4.78, 5) is 14.9. The molecule has 5 nitrogen and oxygen atoms in total. The van der Waals surface area contributed by atoms with E-state index in [9.17, 15) is 4.79 Å². The zero-order valence-electron chi connectivity index (χ0n) is 15.9. The predicted molar refractivity (Wildman–Crippen MR) is 113 cm³/mol. The van der Waals surface area contributed by atoms with Crippen molar-refractivity contribution < 1.29 is 9.53 Å². The number of ether oxygens (including phenoxy) is 1. The summed E-state index contributed by atoms with van der Waals surface area (Å²) in [5, 5.41) is 3.05. The zero-order valence-corrected chi connectivity index (χ0v) is 17.5. The van der Waals surface area contributed by atoms with Crippen molar-refractivity contribution >= 4 is 30.7 Å². The van der Waals surface area contributed by atoms with Crippen molar-refractivity contribution in [1.29, 1.82) is 0 Å². The number of nitrogens with two attached hydrogens (primary N) is 1. The minimum absolute atomic E-state index is 0. The third kappa shape index (κ3) is 7.24. The predicted octanol–water partition coefficient (Wildman–Crippen LogP) is 3.03. The summed E-state index contributed by atoms with van der Waals surface area (Å²) < 4.78 is 5.68. The molecule has 1 aromatic rings. The van der Waals surface area contributed by atoms with Crippen molar-refractivity contribution in [2.45, 2.75) is 63.8 Å². The molecular weight excluding hydrogens is 385 g/mol. The van der Waals surface area contributed by atoms with Gasteiger partial charge in [0.05, 0.1) is 6.10 Å². The van der Waals surface area contributed by atoms with Gasteiger partial charge in [-0.25, -0.2) is 0 Å². The lowest BCUT2D eigenvalue weighted by Crippen LogP contribution is -2.35. The fraction of sp³-hybridized carbons (Fsp3) is 0.650. The molecule has 0 radical (unpaired) electrons. The van der Waals surface area contributed by atoms with Gasteiger partial charge in [-0.15, -0.1) is 24.8 Å². The normalized spacial score (nSPS) is 23.0. The van der Waals surface area contributed by atoms with Crippen LogP contribution in [-0.2, 0) is 22.6 Å². The summed E-state index contributed by atoms with van der Waals surface area (Å²) in [6.07, 6.45) is 6.61. The zero-order chi connectivity index (χ0) is 17.5. The molecule has 3 rings (SSSR count). The summed E-state index contributed by atoms with van der Waals surface area (Å²) >= 11 is 0. The van der Waals surface area contributed by atoms with E-state index in [4.69, 9.17) is 10.5 Å². The van der Waals surface area contributed by atoms with Crippen molar-refractivity contribution in [3.8, 4) is 0 Å². The van der Waals surface area contributed by atoms with Crippen LogP contribution in [0.25, 0.3) is 0 Å². The van der Waals surface area contributed by atoms with E-state index in [1.54, 1.807) is 0 Å². The first-order chi connectivity index (χ1) is 12.3. The molecule has 154 valence electrons. The van der Waals surface area contributed by atoms with E-state index in [1.165, 1.54) is 49.9 Å². The lowest BCUT2D eigenvalue weighted by Gasteiger charge is -2.22. The number of rotatable bonds is 6. The SMILES string of the molecule is Cl.Cl.NC[C@H]1CC[C@@H](C(=O)NCc2ccccc2CN2CCCCCC2)O1. The minimum Gasteiger partial charge on any atom is -0.364 e. The van der Waals surface area contributed by atoms with Crippen LogP contribution in [0.1, 0.15) is 49.7 Å². The Kier molecular flexibility index (Phi) is 11.3. The number of nitrogens with zero attached hydrogens (tertiary/aromatic N) is 1. The standard InChI is InChI=1S/C20H31N3O2.2ClH/c21-13-18-9-10-19(25-18)20(24)22-14-16-7-3-4-8-17(16)15-23-11-5-1-2-6-12-23;;/h3-4,7-8,18-19H,1-2,5-6,9-15,21H2,(H,22,24);2*1H/t18-,19+;;/m1../s1. The van der Waals surface area contributed by atoms with Crippen LogP contribution in [0.2, 0.25) is 0 Å². The quantitative estimate of drug-likeness (QED) is 0.745. The van der Waals surface area contributed by atoms with Gasteiger partial charge in [0.2, 0.25) is 5.91 Å². The first-order valence-electron chi connectivity index (χ1n) is 9.68. The van der Waals surface area contributed by atoms with Gasteiger partial charge in [0, 0.05) is 19.6 Å². The van der Waals surface area contributed by atoms with Gasteiger partial charge in [-0.2, -0.15) is 0 Å². The number of hydrogen-bond donors (Lipinski definition) is 2. The Morgan fingerprint density at radius 1 is 1.07 bits per heavy atom. The highest BCUT2D eigenvalue weighted by Crippen LogP contribution is 2.20. The molecule has 2 aliphatic rings. The first kappa shape index (κ1) is 24.2. The Balaban J connectivity index is 0.00000182. The van der Waals surface area contributed by atoms with Crippen LogP contribution in [0.4, 0.5) is 0 Å². The summed E-state index contributed by atoms with van der Waals surface area (Å²) in [5.74, 6) is -0.0134. The van der Waals surface area contributed by atoms with Gasteiger partial charge in [-0.05, 0) is 49.9 Å². The molecule has 0 spiro atoms. The van der Waals surface area contributed by atoms with Crippen LogP contribution in [0.5, 0.6) is 0 Å². The van der Waals surface area contributed by atoms with Gasteiger partial charge < -0.3 is 15.8 Å². The maximum Gasteiger partial charge on any atom is 0.249 e. The van der Waals surface area contributed by atoms with Crippen LogP contribution in [-0.4, -0.2) is 42.6 Å². The maximum absolute atomic E-state index is 12.3. The molecule has 7 heteroatoms. The van der Waals surface area contributed by atoms with E-state index in [0.717, 1.165) is 19.4 Å². The lowest BCUT2D eigenvalue weighted by atomic mass is 10.1. The van der Waals surface area contributed by atoms with E-state index in [0.29, 0.717) is 13.1 Å². The van der Waals surface area contributed by atoms with Crippen molar-refractivity contribution in [3.63, 3.8) is 0 Å². The van der Waals surface area contributed by atoms with E-state index in [2.05, 4.69) is 28.4 Å². The van der Waals surface area contributed by atoms with Gasteiger partial charge in [-0.3, -0.25) is 9.69 Å². The third-order valence-electron chi connectivity index (χ3n) is 5.33. The molecule has 0 aromatic heterocycles. The Morgan fingerprint density at radius 3 is 2.37 bits per heavy atom. The topological polar surface area (TPSA) is 67.6 Å². The first-order valence-corrected chi connectivity index (χ1v) is 9.68. The lowest BCUT2D eigenvalue weighted by molar-refractivity contribution is -0.132. The fourth-order valence-electron chi connectivity index (χ4n) is 3.79. The number of likely N-dealkylation sites (tertiary alicyclic amines) is 1. The van der Waals surface area contributed by atoms with Gasteiger partial charge in [0.1, 0.15) is 6.10 Å². The van der Waals surface area contributed by atoms with Gasteiger partial charge in [-0.1, -0.05) is 37.1 Å². The summed E-state index contributed by atoms with van der Waals surface area (Å²) in [7, 11) is 0. The highest BCUT2D eigenvalue weighted by atomic mass is 35.5. The Bertz CT molecular complexity index is 566. The number of halogens is 2. The Labute approximate surface area is 175 Å². The number of carbonyl (C=O) groups is 1. The summed E-state index contributed by atoms with van der Waals surface area (Å²) in [5.41, 5.74) is 8.14. The molecule has 2 heterocycles. The highest BCUT2D eigenvalue weighted by molar-refractivity contribution is 5.85. The van der Waals surface area contributed by atoms with E-state index in [1.807, 2.05) is 6.07 Å². The van der Waals surface area contributed by atoms with Crippen molar-refractivity contribution in [1.82, 2.24) is 10.2 Å². The number of nitrogens with one attached hydrogen (secondary N) is 1. The molecule has 3 N–H and O–H groups in total. The van der Waals surface area contributed by atoms with E-state index < -0.39 is 0 Å². The molecular formula is C20H33Cl2N3O2. The van der Waals surface area contributed by atoms with Crippen LogP contribution >= 0.6 is 24.8 Å². The second kappa shape index (κ2) is 12.6. The minimum atomic E-state index is -0.341. The maximum atomic E-state index is 12.3. The Hall–Kier alpha value is -0.850. The van der Waals surface area contributed by atoms with Gasteiger partial charge >= 0.3 is 0 Å². The number of benzene rings is 1. The van der Waals surface area contributed by atoms with Crippen molar-refractivity contribution in [3.05, 3.63) is 35.4 Å². The molecule has 0 saturated carbocycles. The van der Waals surface area contributed by atoms with Crippen molar-refractivity contribution in [2.24, 2.45) is 5.73 Å². The number of amides is 1. The smallest absolute Gasteiger partial charge is 0.249 e. The fourth-order valence-corrected chi connectivity index (χ4v) is 3.79. The van der Waals surface area contributed by atoms with Gasteiger partial charge in [0.15, 0.2) is 0 Å². The molecule has 27 heavy (non-hydrogen) atoms. The van der Waals surface area contributed by atoms with Crippen LogP contribution in [0, 0.1) is 0 Å². The van der Waals surface area contributed by atoms with E-state index >= 15 is 0 Å². The number of hydrogen-bond acceptors (Lipinski definition) is 4. The summed E-state index contributed by atoms with van der Waals surface area (Å²) in [6, 6.07) is 8.43. The molecule has 2 fully saturated rings. The molecule has 1 aromatic carbocycles. The molecule has 0 unspecified atom stereocenters. The average molecular weight is 418 g/mol. The molecule has 2 saturated heterocycles. The molecule has 0 bridgehead atoms. The molecule has 2 atom stereocenters. The van der Waals surface area contributed by atoms with Crippen molar-refractivity contribution in [2.75, 3.05) is 19.6 Å². The second-order valence-electron chi connectivity index (χ2n) is 7.24. The second-order valence-corrected chi connectivity index (χ2v) is 7.24. The summed E-state index contributed by atoms with van der Waals surface area (Å²) in [6.45, 7) is 4.38. The third-order valence-corrected chi connectivity index (χ3v) is 5.33. The van der Waals surface area contributed by atoms with Crippen LogP contribution < -0.4 is 11.1 Å².